The summed E-state index contributed by atoms with van der Waals surface area (Å²) in [5, 5.41) is 3.49. The highest BCUT2D eigenvalue weighted by atomic mass is 35.5. The van der Waals surface area contributed by atoms with Crippen LogP contribution in [-0.2, 0) is 20.6 Å². The molecule has 10 heteroatoms. The minimum Gasteiger partial charge on any atom is -0.354 e. The van der Waals surface area contributed by atoms with Gasteiger partial charge in [-0.1, -0.05) is 53.0 Å². The summed E-state index contributed by atoms with van der Waals surface area (Å²) >= 11 is 13.7. The van der Waals surface area contributed by atoms with Crippen molar-refractivity contribution < 1.29 is 17.6 Å². The van der Waals surface area contributed by atoms with Gasteiger partial charge in [-0.2, -0.15) is 11.8 Å². The number of carbonyl (C=O) groups excluding carboxylic acids is 1. The van der Waals surface area contributed by atoms with E-state index in [1.165, 1.54) is 30.0 Å². The summed E-state index contributed by atoms with van der Waals surface area (Å²) in [6, 6.07) is 15.9. The van der Waals surface area contributed by atoms with Gasteiger partial charge in [-0.3, -0.25) is 9.10 Å². The molecular formula is C25H25Cl2FN2O3S2. The first-order valence-corrected chi connectivity index (χ1v) is 14.1. The van der Waals surface area contributed by atoms with E-state index in [0.29, 0.717) is 38.4 Å². The fourth-order valence-corrected chi connectivity index (χ4v) is 6.14. The van der Waals surface area contributed by atoms with Crippen LogP contribution in [0, 0.1) is 19.7 Å². The molecule has 0 fully saturated rings. The number of hydrogen-bond acceptors (Lipinski definition) is 4. The van der Waals surface area contributed by atoms with Gasteiger partial charge in [0.25, 0.3) is 10.0 Å². The van der Waals surface area contributed by atoms with Crippen LogP contribution in [0.2, 0.25) is 10.0 Å². The van der Waals surface area contributed by atoms with Crippen molar-refractivity contribution in [3.05, 3.63) is 93.2 Å². The van der Waals surface area contributed by atoms with Crippen molar-refractivity contribution in [2.45, 2.75) is 24.5 Å². The van der Waals surface area contributed by atoms with Gasteiger partial charge in [-0.25, -0.2) is 12.8 Å². The van der Waals surface area contributed by atoms with Gasteiger partial charge in [0, 0.05) is 33.7 Å². The quantitative estimate of drug-likeness (QED) is 0.312. The maximum atomic E-state index is 13.9. The van der Waals surface area contributed by atoms with Crippen molar-refractivity contribution in [3.63, 3.8) is 0 Å². The van der Waals surface area contributed by atoms with Gasteiger partial charge in [-0.05, 0) is 55.8 Å². The molecule has 0 bridgehead atoms. The highest BCUT2D eigenvalue weighted by molar-refractivity contribution is 7.98. The molecule has 186 valence electrons. The lowest BCUT2D eigenvalue weighted by molar-refractivity contribution is -0.119. The zero-order valence-corrected chi connectivity index (χ0v) is 22.4. The molecule has 0 atom stereocenters. The van der Waals surface area contributed by atoms with Crippen molar-refractivity contribution in [1.29, 1.82) is 0 Å². The molecule has 0 spiro atoms. The van der Waals surface area contributed by atoms with E-state index in [1.54, 1.807) is 49.4 Å². The Morgan fingerprint density at radius 2 is 1.66 bits per heavy atom. The summed E-state index contributed by atoms with van der Waals surface area (Å²) in [4.78, 5) is 12.8. The zero-order valence-electron chi connectivity index (χ0n) is 19.2. The molecule has 0 saturated heterocycles. The number of benzene rings is 3. The van der Waals surface area contributed by atoms with Crippen LogP contribution in [0.1, 0.15) is 16.7 Å². The molecule has 3 rings (SSSR count). The summed E-state index contributed by atoms with van der Waals surface area (Å²) in [5.74, 6) is 0.0152. The second kappa shape index (κ2) is 12.1. The van der Waals surface area contributed by atoms with Crippen molar-refractivity contribution in [3.8, 4) is 0 Å². The Hall–Kier alpha value is -2.26. The number of aryl methyl sites for hydroxylation is 1. The molecule has 0 aliphatic heterocycles. The van der Waals surface area contributed by atoms with Crippen molar-refractivity contribution in [2.24, 2.45) is 0 Å². The first-order chi connectivity index (χ1) is 16.6. The van der Waals surface area contributed by atoms with Crippen molar-refractivity contribution >= 4 is 56.6 Å². The minimum atomic E-state index is -4.03. The van der Waals surface area contributed by atoms with Crippen molar-refractivity contribution in [1.82, 2.24) is 5.32 Å². The molecule has 0 aliphatic rings. The van der Waals surface area contributed by atoms with E-state index in [0.717, 1.165) is 9.87 Å². The molecular weight excluding hydrogens is 530 g/mol. The average Bonchev–Trinajstić information content (AvgIpc) is 2.81. The number of hydrogen-bond donors (Lipinski definition) is 1. The third kappa shape index (κ3) is 6.91. The molecule has 5 nitrogen and oxygen atoms in total. The number of anilines is 1. The Morgan fingerprint density at radius 3 is 2.34 bits per heavy atom. The lowest BCUT2D eigenvalue weighted by Gasteiger charge is -2.26. The molecule has 3 aromatic carbocycles. The van der Waals surface area contributed by atoms with Gasteiger partial charge in [0.05, 0.1) is 10.6 Å². The summed E-state index contributed by atoms with van der Waals surface area (Å²) in [6.07, 6.45) is 0. The minimum absolute atomic E-state index is 0.0765. The van der Waals surface area contributed by atoms with Crippen molar-refractivity contribution in [2.75, 3.05) is 23.1 Å². The number of nitrogens with zero attached hydrogens (tertiary/aromatic N) is 1. The van der Waals surface area contributed by atoms with Crippen LogP contribution in [0.3, 0.4) is 0 Å². The molecule has 0 radical (unpaired) electrons. The third-order valence-electron chi connectivity index (χ3n) is 5.28. The van der Waals surface area contributed by atoms with E-state index < -0.39 is 22.5 Å². The van der Waals surface area contributed by atoms with Crippen LogP contribution in [0.25, 0.3) is 0 Å². The number of nitrogens with one attached hydrogen (secondary N) is 1. The summed E-state index contributed by atoms with van der Waals surface area (Å²) < 4.78 is 41.9. The van der Waals surface area contributed by atoms with E-state index in [-0.39, 0.29) is 17.3 Å². The van der Waals surface area contributed by atoms with Crippen LogP contribution in [-0.4, -0.2) is 33.2 Å². The Bertz CT molecular complexity index is 1280. The fourth-order valence-electron chi connectivity index (χ4n) is 3.30. The molecule has 0 aliphatic carbocycles. The van der Waals surface area contributed by atoms with Gasteiger partial charge in [0.2, 0.25) is 5.91 Å². The maximum absolute atomic E-state index is 13.9. The number of halogens is 3. The van der Waals surface area contributed by atoms with E-state index in [4.69, 9.17) is 23.2 Å². The third-order valence-corrected chi connectivity index (χ3v) is 8.80. The largest absolute Gasteiger partial charge is 0.354 e. The number of thioether (sulfide) groups is 1. The summed E-state index contributed by atoms with van der Waals surface area (Å²) in [7, 11) is -4.03. The van der Waals surface area contributed by atoms with E-state index in [2.05, 4.69) is 5.32 Å². The second-order valence-electron chi connectivity index (χ2n) is 7.81. The van der Waals surface area contributed by atoms with E-state index in [9.17, 15) is 17.6 Å². The summed E-state index contributed by atoms with van der Waals surface area (Å²) in [5.41, 5.74) is 2.21. The summed E-state index contributed by atoms with van der Waals surface area (Å²) in [6.45, 7) is 3.43. The van der Waals surface area contributed by atoms with Gasteiger partial charge in [0.1, 0.15) is 12.4 Å². The molecule has 0 heterocycles. The predicted octanol–water partition coefficient (Wildman–Crippen LogP) is 5.99. The van der Waals surface area contributed by atoms with Crippen LogP contribution in [0.5, 0.6) is 0 Å². The Labute approximate surface area is 219 Å². The second-order valence-corrected chi connectivity index (χ2v) is 11.6. The number of amides is 1. The molecule has 0 saturated carbocycles. The molecule has 3 aromatic rings. The van der Waals surface area contributed by atoms with E-state index >= 15 is 0 Å². The monoisotopic (exact) mass is 554 g/mol. The van der Waals surface area contributed by atoms with Crippen LogP contribution < -0.4 is 9.62 Å². The average molecular weight is 556 g/mol. The molecule has 35 heavy (non-hydrogen) atoms. The fraction of sp³-hybridized carbons (Fsp3) is 0.240. The lowest BCUT2D eigenvalue weighted by Crippen LogP contribution is -2.41. The number of carbonyl (C=O) groups is 1. The number of rotatable bonds is 10. The Kier molecular flexibility index (Phi) is 9.47. The van der Waals surface area contributed by atoms with Gasteiger partial charge < -0.3 is 5.32 Å². The first kappa shape index (κ1) is 27.3. The highest BCUT2D eigenvalue weighted by Crippen LogP contribution is 2.31. The van der Waals surface area contributed by atoms with Gasteiger partial charge >= 0.3 is 0 Å². The molecule has 1 amide bonds. The van der Waals surface area contributed by atoms with Gasteiger partial charge in [0.15, 0.2) is 0 Å². The topological polar surface area (TPSA) is 66.5 Å². The molecule has 0 unspecified atom stereocenters. The Morgan fingerprint density at radius 1 is 1.00 bits per heavy atom. The van der Waals surface area contributed by atoms with Gasteiger partial charge in [-0.15, -0.1) is 0 Å². The van der Waals surface area contributed by atoms with Crippen LogP contribution in [0.4, 0.5) is 10.1 Å². The molecule has 1 N–H and O–H groups in total. The van der Waals surface area contributed by atoms with E-state index in [1.807, 2.05) is 6.92 Å². The number of sulfonamides is 1. The van der Waals surface area contributed by atoms with Crippen LogP contribution in [0.15, 0.2) is 65.6 Å². The zero-order chi connectivity index (χ0) is 25.6. The normalized spacial score (nSPS) is 11.3. The maximum Gasteiger partial charge on any atom is 0.264 e. The lowest BCUT2D eigenvalue weighted by atomic mass is 10.2. The first-order valence-electron chi connectivity index (χ1n) is 10.7. The Balaban J connectivity index is 1.70. The predicted molar refractivity (Wildman–Crippen MR) is 142 cm³/mol. The smallest absolute Gasteiger partial charge is 0.264 e. The molecule has 0 aromatic heterocycles. The SMILES string of the molecule is Cc1ccc(S(=O)(=O)N(CC(=O)NCCSCc2c(F)cccc2Cl)c2cccc(Cl)c2C)cc1. The highest BCUT2D eigenvalue weighted by Gasteiger charge is 2.28. The van der Waals surface area contributed by atoms with Crippen LogP contribution >= 0.6 is 35.0 Å². The standard InChI is InChI=1S/C25H25Cl2FN2O3S2/c1-17-9-11-19(12-10-17)35(32,33)30(24-8-4-5-21(26)18(24)2)15-25(31)29-13-14-34-16-20-22(27)6-3-7-23(20)28/h3-12H,13-16H2,1-2H3,(H,29,31).